The van der Waals surface area contributed by atoms with Crippen LogP contribution in [0.1, 0.15) is 34.6 Å². The molecule has 2 aromatic rings. The summed E-state index contributed by atoms with van der Waals surface area (Å²) in [6.45, 7) is 2.75. The molecule has 0 bridgehead atoms. The van der Waals surface area contributed by atoms with Crippen LogP contribution in [-0.4, -0.2) is 43.3 Å². The first kappa shape index (κ1) is 20.1. The number of anilines is 2. The maximum Gasteiger partial charge on any atom is 0.339 e. The first-order chi connectivity index (χ1) is 13.8. The molecule has 29 heavy (non-hydrogen) atoms. The number of hydrogen-bond acceptors (Lipinski definition) is 6. The minimum Gasteiger partial charge on any atom is -0.482 e. The van der Waals surface area contributed by atoms with Crippen molar-refractivity contribution in [3.05, 3.63) is 53.6 Å². The Morgan fingerprint density at radius 1 is 1.17 bits per heavy atom. The molecule has 1 heterocycles. The van der Waals surface area contributed by atoms with Crippen LogP contribution in [0.3, 0.4) is 0 Å². The number of nitrogens with zero attached hydrogens (tertiary/aromatic N) is 1. The number of benzene rings is 2. The number of amides is 2. The number of rotatable bonds is 5. The molecule has 2 aromatic carbocycles. The van der Waals surface area contributed by atoms with Gasteiger partial charge in [-0.1, -0.05) is 12.1 Å². The van der Waals surface area contributed by atoms with Gasteiger partial charge in [-0.25, -0.2) is 4.79 Å². The Bertz CT molecular complexity index is 1000. The molecule has 2 amide bonds. The molecule has 0 radical (unpaired) electrons. The molecule has 1 atom stereocenters. The molecular weight excluding hydrogens is 376 g/mol. The van der Waals surface area contributed by atoms with Gasteiger partial charge in [-0.2, -0.15) is 0 Å². The molecule has 8 nitrogen and oxygen atoms in total. The second kappa shape index (κ2) is 8.14. The number of ketones is 1. The number of ether oxygens (including phenoxy) is 2. The zero-order valence-corrected chi connectivity index (χ0v) is 16.2. The monoisotopic (exact) mass is 396 g/mol. The summed E-state index contributed by atoms with van der Waals surface area (Å²) in [4.78, 5) is 50.3. The Morgan fingerprint density at radius 3 is 2.59 bits per heavy atom. The summed E-state index contributed by atoms with van der Waals surface area (Å²) in [6, 6.07) is 10.2. The van der Waals surface area contributed by atoms with Crippen LogP contribution in [0.4, 0.5) is 11.4 Å². The number of methoxy groups -OCH3 is 1. The number of carbonyl (C=O) groups is 4. The van der Waals surface area contributed by atoms with Crippen molar-refractivity contribution < 1.29 is 28.7 Å². The molecule has 1 aliphatic heterocycles. The number of fused-ring (bicyclic) bond motifs is 1. The van der Waals surface area contributed by atoms with Crippen molar-refractivity contribution in [2.45, 2.75) is 19.9 Å². The van der Waals surface area contributed by atoms with Crippen LogP contribution in [0.5, 0.6) is 5.75 Å². The molecule has 1 aliphatic rings. The third kappa shape index (κ3) is 3.96. The molecule has 0 fully saturated rings. The van der Waals surface area contributed by atoms with Crippen LogP contribution >= 0.6 is 0 Å². The predicted octanol–water partition coefficient (Wildman–Crippen LogP) is 2.43. The van der Waals surface area contributed by atoms with E-state index in [4.69, 9.17) is 9.47 Å². The van der Waals surface area contributed by atoms with E-state index in [0.717, 1.165) is 0 Å². The Balaban J connectivity index is 1.91. The number of carbonyl (C=O) groups excluding carboxylic acids is 4. The van der Waals surface area contributed by atoms with Gasteiger partial charge in [0, 0.05) is 5.56 Å². The van der Waals surface area contributed by atoms with E-state index in [-0.39, 0.29) is 23.6 Å². The molecule has 1 unspecified atom stereocenters. The van der Waals surface area contributed by atoms with Crippen molar-refractivity contribution >= 4 is 34.9 Å². The molecule has 3 rings (SSSR count). The van der Waals surface area contributed by atoms with E-state index >= 15 is 0 Å². The minimum absolute atomic E-state index is 0.171. The van der Waals surface area contributed by atoms with E-state index in [2.05, 4.69) is 5.32 Å². The number of esters is 1. The topological polar surface area (TPSA) is 102 Å². The summed E-state index contributed by atoms with van der Waals surface area (Å²) in [5.74, 6) is -1.27. The van der Waals surface area contributed by atoms with Gasteiger partial charge in [0.15, 0.2) is 12.4 Å². The lowest BCUT2D eigenvalue weighted by Crippen LogP contribution is -2.49. The first-order valence-electron chi connectivity index (χ1n) is 8.91. The number of para-hydroxylation sites is 1. The summed E-state index contributed by atoms with van der Waals surface area (Å²) >= 11 is 0. The molecule has 1 N–H and O–H groups in total. The van der Waals surface area contributed by atoms with E-state index in [1.54, 1.807) is 37.3 Å². The second-order valence-electron chi connectivity index (χ2n) is 6.49. The number of hydrogen-bond donors (Lipinski definition) is 1. The van der Waals surface area contributed by atoms with E-state index < -0.39 is 23.8 Å². The van der Waals surface area contributed by atoms with Crippen LogP contribution in [0.2, 0.25) is 0 Å². The highest BCUT2D eigenvalue weighted by molar-refractivity contribution is 6.09. The molecule has 0 saturated carbocycles. The smallest absolute Gasteiger partial charge is 0.339 e. The molecule has 0 aromatic heterocycles. The zero-order chi connectivity index (χ0) is 21.1. The first-order valence-corrected chi connectivity index (χ1v) is 8.91. The SMILES string of the molecule is COC(=O)c1ccccc1NC(=O)C(C)N1C(=O)COc2ccc(C(C)=O)cc21. The van der Waals surface area contributed by atoms with Gasteiger partial charge in [0.05, 0.1) is 24.0 Å². The van der Waals surface area contributed by atoms with Gasteiger partial charge in [0.1, 0.15) is 11.8 Å². The van der Waals surface area contributed by atoms with Crippen LogP contribution in [-0.2, 0) is 14.3 Å². The lowest BCUT2D eigenvalue weighted by molar-refractivity contribution is -0.125. The molecule has 0 spiro atoms. The number of Topliss-reactive ketones (excluding diaryl/α,β-unsaturated/α-hetero) is 1. The Kier molecular flexibility index (Phi) is 5.63. The molecule has 150 valence electrons. The summed E-state index contributed by atoms with van der Waals surface area (Å²) < 4.78 is 10.1. The fourth-order valence-corrected chi connectivity index (χ4v) is 3.05. The van der Waals surface area contributed by atoms with Gasteiger partial charge in [-0.15, -0.1) is 0 Å². The summed E-state index contributed by atoms with van der Waals surface area (Å²) in [5.41, 5.74) is 1.21. The fourth-order valence-electron chi connectivity index (χ4n) is 3.05. The predicted molar refractivity (Wildman–Crippen MR) is 105 cm³/mol. The normalized spacial score (nSPS) is 13.8. The van der Waals surface area contributed by atoms with Crippen LogP contribution in [0.25, 0.3) is 0 Å². The van der Waals surface area contributed by atoms with E-state index in [1.165, 1.54) is 31.1 Å². The van der Waals surface area contributed by atoms with Crippen molar-refractivity contribution in [3.63, 3.8) is 0 Å². The second-order valence-corrected chi connectivity index (χ2v) is 6.49. The highest BCUT2D eigenvalue weighted by Crippen LogP contribution is 2.34. The van der Waals surface area contributed by atoms with Gasteiger partial charge in [-0.05, 0) is 44.2 Å². The lowest BCUT2D eigenvalue weighted by Gasteiger charge is -2.33. The Hall–Kier alpha value is -3.68. The fraction of sp³-hybridized carbons (Fsp3) is 0.238. The lowest BCUT2D eigenvalue weighted by atomic mass is 10.1. The standard InChI is InChI=1S/C21H20N2O6/c1-12(20(26)22-16-7-5-4-6-15(16)21(27)28-3)23-17-10-14(13(2)24)8-9-18(17)29-11-19(23)25/h4-10,12H,11H2,1-3H3,(H,22,26). The summed E-state index contributed by atoms with van der Waals surface area (Å²) in [5, 5.41) is 2.67. The molecule has 0 saturated heterocycles. The summed E-state index contributed by atoms with van der Waals surface area (Å²) in [7, 11) is 1.25. The largest absolute Gasteiger partial charge is 0.482 e. The van der Waals surface area contributed by atoms with Crippen molar-refractivity contribution in [2.24, 2.45) is 0 Å². The van der Waals surface area contributed by atoms with Crippen molar-refractivity contribution in [1.29, 1.82) is 0 Å². The average Bonchev–Trinajstić information content (AvgIpc) is 2.72. The van der Waals surface area contributed by atoms with Crippen molar-refractivity contribution in [2.75, 3.05) is 23.9 Å². The maximum atomic E-state index is 12.9. The Labute approximate surface area is 167 Å². The van der Waals surface area contributed by atoms with Gasteiger partial charge in [0.2, 0.25) is 5.91 Å². The summed E-state index contributed by atoms with van der Waals surface area (Å²) in [6.07, 6.45) is 0. The van der Waals surface area contributed by atoms with Crippen LogP contribution < -0.4 is 15.0 Å². The van der Waals surface area contributed by atoms with Gasteiger partial charge in [-0.3, -0.25) is 19.3 Å². The van der Waals surface area contributed by atoms with Crippen molar-refractivity contribution in [3.8, 4) is 5.75 Å². The van der Waals surface area contributed by atoms with Gasteiger partial charge in [0.25, 0.3) is 5.91 Å². The van der Waals surface area contributed by atoms with Gasteiger partial charge < -0.3 is 14.8 Å². The quantitative estimate of drug-likeness (QED) is 0.615. The highest BCUT2D eigenvalue weighted by Gasteiger charge is 2.34. The molecule has 8 heteroatoms. The van der Waals surface area contributed by atoms with Gasteiger partial charge >= 0.3 is 5.97 Å². The van der Waals surface area contributed by atoms with E-state index in [9.17, 15) is 19.2 Å². The average molecular weight is 396 g/mol. The highest BCUT2D eigenvalue weighted by atomic mass is 16.5. The maximum absolute atomic E-state index is 12.9. The van der Waals surface area contributed by atoms with E-state index in [0.29, 0.717) is 17.0 Å². The third-order valence-electron chi connectivity index (χ3n) is 4.60. The Morgan fingerprint density at radius 2 is 1.90 bits per heavy atom. The molecule has 0 aliphatic carbocycles. The minimum atomic E-state index is -0.918. The van der Waals surface area contributed by atoms with Crippen molar-refractivity contribution in [1.82, 2.24) is 0 Å². The number of nitrogens with one attached hydrogen (secondary N) is 1. The van der Waals surface area contributed by atoms with Crippen LogP contribution in [0.15, 0.2) is 42.5 Å². The zero-order valence-electron chi connectivity index (χ0n) is 16.2. The van der Waals surface area contributed by atoms with Crippen LogP contribution in [0, 0.1) is 0 Å². The third-order valence-corrected chi connectivity index (χ3v) is 4.60. The van der Waals surface area contributed by atoms with E-state index in [1.807, 2.05) is 0 Å². The molecular formula is C21H20N2O6.